The Balaban J connectivity index is 2.49. The van der Waals surface area contributed by atoms with Crippen LogP contribution in [0.25, 0.3) is 0 Å². The molecule has 1 aromatic heterocycles. The van der Waals surface area contributed by atoms with Crippen LogP contribution >= 0.6 is 0 Å². The standard InChI is InChI=1S/C8H16N4O/c1-7(2)4-5-8-9-10-11-12(8)6-13-3/h7H,4-6H2,1-3H3. The Hall–Kier alpha value is -0.970. The van der Waals surface area contributed by atoms with Crippen molar-refractivity contribution in [1.29, 1.82) is 0 Å². The molecule has 0 radical (unpaired) electrons. The molecule has 0 saturated heterocycles. The summed E-state index contributed by atoms with van der Waals surface area (Å²) in [5.41, 5.74) is 0. The van der Waals surface area contributed by atoms with Gasteiger partial charge in [-0.25, -0.2) is 4.68 Å². The summed E-state index contributed by atoms with van der Waals surface area (Å²) >= 11 is 0. The van der Waals surface area contributed by atoms with Crippen molar-refractivity contribution >= 4 is 0 Å². The monoisotopic (exact) mass is 184 g/mol. The zero-order valence-electron chi connectivity index (χ0n) is 8.40. The predicted molar refractivity (Wildman–Crippen MR) is 48.0 cm³/mol. The summed E-state index contributed by atoms with van der Waals surface area (Å²) in [6.07, 6.45) is 2.01. The summed E-state index contributed by atoms with van der Waals surface area (Å²) in [5, 5.41) is 11.3. The van der Waals surface area contributed by atoms with Crippen molar-refractivity contribution in [3.05, 3.63) is 5.82 Å². The lowest BCUT2D eigenvalue weighted by Crippen LogP contribution is -2.08. The first kappa shape index (κ1) is 10.1. The second kappa shape index (κ2) is 4.91. The number of aryl methyl sites for hydroxylation is 1. The quantitative estimate of drug-likeness (QED) is 0.681. The summed E-state index contributed by atoms with van der Waals surface area (Å²) in [6, 6.07) is 0. The van der Waals surface area contributed by atoms with E-state index in [1.807, 2.05) is 0 Å². The van der Waals surface area contributed by atoms with Gasteiger partial charge < -0.3 is 4.74 Å². The third-order valence-electron chi connectivity index (χ3n) is 1.80. The number of hydrogen-bond acceptors (Lipinski definition) is 4. The molecule has 5 heteroatoms. The normalized spacial score (nSPS) is 11.1. The van der Waals surface area contributed by atoms with Gasteiger partial charge in [0, 0.05) is 13.5 Å². The lowest BCUT2D eigenvalue weighted by atomic mass is 10.1. The molecular weight excluding hydrogens is 168 g/mol. The van der Waals surface area contributed by atoms with E-state index in [9.17, 15) is 0 Å². The zero-order valence-corrected chi connectivity index (χ0v) is 8.40. The summed E-state index contributed by atoms with van der Waals surface area (Å²) in [7, 11) is 1.63. The predicted octanol–water partition coefficient (Wildman–Crippen LogP) is 0.866. The van der Waals surface area contributed by atoms with Crippen LogP contribution in [0.1, 0.15) is 26.1 Å². The molecule has 13 heavy (non-hydrogen) atoms. The second-order valence-electron chi connectivity index (χ2n) is 3.44. The number of aromatic nitrogens is 4. The van der Waals surface area contributed by atoms with Crippen molar-refractivity contribution in [1.82, 2.24) is 20.2 Å². The fourth-order valence-electron chi connectivity index (χ4n) is 1.04. The minimum atomic E-state index is 0.431. The highest BCUT2D eigenvalue weighted by Crippen LogP contribution is 2.05. The fourth-order valence-corrected chi connectivity index (χ4v) is 1.04. The van der Waals surface area contributed by atoms with Crippen molar-refractivity contribution in [2.75, 3.05) is 7.11 Å². The smallest absolute Gasteiger partial charge is 0.154 e. The van der Waals surface area contributed by atoms with E-state index >= 15 is 0 Å². The van der Waals surface area contributed by atoms with Crippen molar-refractivity contribution in [3.63, 3.8) is 0 Å². The highest BCUT2D eigenvalue weighted by molar-refractivity contribution is 4.80. The summed E-state index contributed by atoms with van der Waals surface area (Å²) < 4.78 is 6.64. The maximum absolute atomic E-state index is 4.95. The van der Waals surface area contributed by atoms with Gasteiger partial charge in [0.2, 0.25) is 0 Å². The van der Waals surface area contributed by atoms with Crippen molar-refractivity contribution in [2.45, 2.75) is 33.4 Å². The molecule has 0 aliphatic carbocycles. The minimum absolute atomic E-state index is 0.431. The van der Waals surface area contributed by atoms with E-state index < -0.39 is 0 Å². The van der Waals surface area contributed by atoms with Crippen LogP contribution in [0.2, 0.25) is 0 Å². The molecule has 5 nitrogen and oxygen atoms in total. The fraction of sp³-hybridized carbons (Fsp3) is 0.875. The van der Waals surface area contributed by atoms with E-state index in [1.54, 1.807) is 11.8 Å². The molecule has 0 saturated carbocycles. The summed E-state index contributed by atoms with van der Waals surface area (Å²) in [5.74, 6) is 1.57. The molecule has 1 aromatic rings. The average molecular weight is 184 g/mol. The molecule has 0 aromatic carbocycles. The molecule has 0 fully saturated rings. The van der Waals surface area contributed by atoms with Gasteiger partial charge in [0.05, 0.1) is 0 Å². The van der Waals surface area contributed by atoms with Gasteiger partial charge in [-0.15, -0.1) is 5.10 Å². The van der Waals surface area contributed by atoms with Gasteiger partial charge in [0.15, 0.2) is 5.82 Å². The molecule has 0 aliphatic rings. The minimum Gasteiger partial charge on any atom is -0.362 e. The number of hydrogen-bond donors (Lipinski definition) is 0. The van der Waals surface area contributed by atoms with E-state index in [0.717, 1.165) is 18.7 Å². The number of methoxy groups -OCH3 is 1. The molecular formula is C8H16N4O. The summed E-state index contributed by atoms with van der Waals surface area (Å²) in [6.45, 7) is 4.80. The lowest BCUT2D eigenvalue weighted by Gasteiger charge is -2.04. The Bertz CT molecular complexity index is 246. The van der Waals surface area contributed by atoms with Gasteiger partial charge in [-0.3, -0.25) is 0 Å². The average Bonchev–Trinajstić information content (AvgIpc) is 2.49. The van der Waals surface area contributed by atoms with Crippen LogP contribution in [-0.2, 0) is 17.9 Å². The van der Waals surface area contributed by atoms with Crippen LogP contribution < -0.4 is 0 Å². The van der Waals surface area contributed by atoms with E-state index in [1.165, 1.54) is 0 Å². The largest absolute Gasteiger partial charge is 0.362 e. The van der Waals surface area contributed by atoms with Crippen molar-refractivity contribution in [2.24, 2.45) is 5.92 Å². The SMILES string of the molecule is COCn1nnnc1CCC(C)C. The van der Waals surface area contributed by atoms with Crippen molar-refractivity contribution in [3.8, 4) is 0 Å². The summed E-state index contributed by atoms with van der Waals surface area (Å²) in [4.78, 5) is 0. The van der Waals surface area contributed by atoms with Crippen LogP contribution in [0.4, 0.5) is 0 Å². The molecule has 1 rings (SSSR count). The molecule has 0 aliphatic heterocycles. The number of tetrazole rings is 1. The first-order valence-corrected chi connectivity index (χ1v) is 4.48. The highest BCUT2D eigenvalue weighted by Gasteiger charge is 2.05. The van der Waals surface area contributed by atoms with Gasteiger partial charge >= 0.3 is 0 Å². The topological polar surface area (TPSA) is 52.8 Å². The van der Waals surface area contributed by atoms with Crippen molar-refractivity contribution < 1.29 is 4.74 Å². The van der Waals surface area contributed by atoms with Crippen LogP contribution in [0, 0.1) is 5.92 Å². The van der Waals surface area contributed by atoms with Crippen LogP contribution in [-0.4, -0.2) is 27.3 Å². The number of nitrogens with zero attached hydrogens (tertiary/aromatic N) is 4. The van der Waals surface area contributed by atoms with Gasteiger partial charge in [-0.05, 0) is 22.8 Å². The second-order valence-corrected chi connectivity index (χ2v) is 3.44. The molecule has 0 atom stereocenters. The van der Waals surface area contributed by atoms with E-state index in [-0.39, 0.29) is 0 Å². The third kappa shape index (κ3) is 3.10. The number of rotatable bonds is 5. The molecule has 0 amide bonds. The van der Waals surface area contributed by atoms with Crippen LogP contribution in [0.15, 0.2) is 0 Å². The van der Waals surface area contributed by atoms with E-state index in [4.69, 9.17) is 4.74 Å². The molecule has 0 bridgehead atoms. The third-order valence-corrected chi connectivity index (χ3v) is 1.80. The molecule has 74 valence electrons. The first-order chi connectivity index (χ1) is 6.24. The van der Waals surface area contributed by atoms with Gasteiger partial charge in [0.25, 0.3) is 0 Å². The first-order valence-electron chi connectivity index (χ1n) is 4.48. The van der Waals surface area contributed by atoms with Gasteiger partial charge in [-0.2, -0.15) is 0 Å². The maximum atomic E-state index is 4.95. The Morgan fingerprint density at radius 3 is 2.85 bits per heavy atom. The Labute approximate surface area is 78.1 Å². The molecule has 0 N–H and O–H groups in total. The maximum Gasteiger partial charge on any atom is 0.154 e. The Morgan fingerprint density at radius 1 is 1.46 bits per heavy atom. The van der Waals surface area contributed by atoms with E-state index in [2.05, 4.69) is 29.4 Å². The number of ether oxygens (including phenoxy) is 1. The highest BCUT2D eigenvalue weighted by atomic mass is 16.5. The van der Waals surface area contributed by atoms with E-state index in [0.29, 0.717) is 12.6 Å². The Morgan fingerprint density at radius 2 is 2.23 bits per heavy atom. The van der Waals surface area contributed by atoms with Crippen LogP contribution in [0.5, 0.6) is 0 Å². The van der Waals surface area contributed by atoms with Crippen LogP contribution in [0.3, 0.4) is 0 Å². The van der Waals surface area contributed by atoms with Gasteiger partial charge in [0.1, 0.15) is 6.73 Å². The molecule has 1 heterocycles. The lowest BCUT2D eigenvalue weighted by molar-refractivity contribution is 0.116. The van der Waals surface area contributed by atoms with Gasteiger partial charge in [-0.1, -0.05) is 13.8 Å². The Kier molecular flexibility index (Phi) is 3.82. The molecule has 0 spiro atoms. The molecule has 0 unspecified atom stereocenters. The zero-order chi connectivity index (χ0) is 9.68.